The normalized spacial score (nSPS) is 11.2. The number of benzene rings is 1. The second kappa shape index (κ2) is 8.03. The molecule has 6 nitrogen and oxygen atoms in total. The zero-order valence-corrected chi connectivity index (χ0v) is 14.6. The summed E-state index contributed by atoms with van der Waals surface area (Å²) in [6.45, 7) is 2.48. The maximum Gasteiger partial charge on any atom is 0.253 e. The zero-order chi connectivity index (χ0) is 17.6. The van der Waals surface area contributed by atoms with Crippen molar-refractivity contribution < 1.29 is 13.2 Å². The van der Waals surface area contributed by atoms with Crippen molar-refractivity contribution in [3.63, 3.8) is 0 Å². The van der Waals surface area contributed by atoms with E-state index in [1.807, 2.05) is 36.4 Å². The van der Waals surface area contributed by atoms with Crippen LogP contribution in [0.3, 0.4) is 0 Å². The van der Waals surface area contributed by atoms with E-state index in [2.05, 4.69) is 15.0 Å². The van der Waals surface area contributed by atoms with Gasteiger partial charge >= 0.3 is 0 Å². The fraction of sp³-hybridized carbons (Fsp3) is 0.294. The van der Waals surface area contributed by atoms with Gasteiger partial charge in [-0.2, -0.15) is 0 Å². The molecule has 0 spiro atoms. The molecular formula is C17H21N3O3S. The van der Waals surface area contributed by atoms with Gasteiger partial charge in [0.2, 0.25) is 10.0 Å². The fourth-order valence-corrected chi connectivity index (χ4v) is 2.73. The van der Waals surface area contributed by atoms with Crippen LogP contribution >= 0.6 is 0 Å². The smallest absolute Gasteiger partial charge is 0.253 e. The molecule has 0 aliphatic heterocycles. The molecule has 1 aromatic carbocycles. The molecule has 0 fully saturated rings. The molecule has 0 radical (unpaired) electrons. The summed E-state index contributed by atoms with van der Waals surface area (Å²) in [7, 11) is -3.19. The molecule has 0 aliphatic rings. The zero-order valence-electron chi connectivity index (χ0n) is 13.7. The van der Waals surface area contributed by atoms with Gasteiger partial charge in [0.25, 0.3) is 5.91 Å². The molecule has 2 rings (SSSR count). The third-order valence-corrected chi connectivity index (χ3v) is 4.13. The number of nitrogens with one attached hydrogen (secondary N) is 2. The first-order valence-corrected chi connectivity index (χ1v) is 9.52. The molecule has 0 saturated carbocycles. The topological polar surface area (TPSA) is 88.2 Å². The highest BCUT2D eigenvalue weighted by atomic mass is 32.2. The molecule has 1 heterocycles. The highest BCUT2D eigenvalue weighted by Crippen LogP contribution is 2.18. The molecule has 0 unspecified atom stereocenters. The molecule has 1 aromatic heterocycles. The van der Waals surface area contributed by atoms with E-state index in [1.165, 1.54) is 0 Å². The third-order valence-electron chi connectivity index (χ3n) is 3.40. The van der Waals surface area contributed by atoms with Gasteiger partial charge in [-0.05, 0) is 25.5 Å². The summed E-state index contributed by atoms with van der Waals surface area (Å²) in [4.78, 5) is 16.7. The molecule has 24 heavy (non-hydrogen) atoms. The van der Waals surface area contributed by atoms with Crippen LogP contribution in [0.1, 0.15) is 22.5 Å². The monoisotopic (exact) mass is 347 g/mol. The Morgan fingerprint density at radius 1 is 1.08 bits per heavy atom. The number of nitrogens with zero attached hydrogens (tertiary/aromatic N) is 1. The second-order valence-corrected chi connectivity index (χ2v) is 7.30. The predicted molar refractivity (Wildman–Crippen MR) is 94.2 cm³/mol. The van der Waals surface area contributed by atoms with Crippen LogP contribution in [0.5, 0.6) is 0 Å². The molecule has 7 heteroatoms. The van der Waals surface area contributed by atoms with E-state index in [4.69, 9.17) is 0 Å². The maximum absolute atomic E-state index is 12.2. The molecule has 0 atom stereocenters. The van der Waals surface area contributed by atoms with E-state index in [9.17, 15) is 13.2 Å². The number of carbonyl (C=O) groups excluding carboxylic acids is 1. The van der Waals surface area contributed by atoms with Crippen LogP contribution in [0.15, 0.2) is 42.5 Å². The Morgan fingerprint density at radius 2 is 1.79 bits per heavy atom. The standard InChI is InChI=1S/C17H21N3O3S/c1-13-15(17(21)18-11-6-12-19-24(2,22)23)9-10-16(20-13)14-7-4-3-5-8-14/h3-5,7-10,19H,6,11-12H2,1-2H3,(H,18,21). The minimum Gasteiger partial charge on any atom is -0.352 e. The Kier molecular flexibility index (Phi) is 6.05. The number of aromatic nitrogens is 1. The Labute approximate surface area is 142 Å². The van der Waals surface area contributed by atoms with Gasteiger partial charge in [0.15, 0.2) is 0 Å². The van der Waals surface area contributed by atoms with E-state index in [-0.39, 0.29) is 5.91 Å². The summed E-state index contributed by atoms with van der Waals surface area (Å²) in [5.41, 5.74) is 3.00. The number of sulfonamides is 1. The minimum atomic E-state index is -3.19. The lowest BCUT2D eigenvalue weighted by molar-refractivity contribution is 0.0952. The third kappa shape index (κ3) is 5.43. The van der Waals surface area contributed by atoms with E-state index in [0.717, 1.165) is 17.5 Å². The van der Waals surface area contributed by atoms with Gasteiger partial charge in [-0.25, -0.2) is 13.1 Å². The lowest BCUT2D eigenvalue weighted by Crippen LogP contribution is -2.29. The summed E-state index contributed by atoms with van der Waals surface area (Å²) < 4.78 is 24.3. The molecule has 0 saturated heterocycles. The molecule has 2 N–H and O–H groups in total. The number of hydrogen-bond donors (Lipinski definition) is 2. The Bertz CT molecular complexity index is 805. The van der Waals surface area contributed by atoms with Gasteiger partial charge < -0.3 is 5.32 Å². The summed E-state index contributed by atoms with van der Waals surface area (Å²) in [6, 6.07) is 13.3. The first-order valence-electron chi connectivity index (χ1n) is 7.63. The summed E-state index contributed by atoms with van der Waals surface area (Å²) in [6.07, 6.45) is 1.63. The van der Waals surface area contributed by atoms with Crippen LogP contribution in [-0.2, 0) is 10.0 Å². The second-order valence-electron chi connectivity index (χ2n) is 5.47. The van der Waals surface area contributed by atoms with Crippen molar-refractivity contribution in [2.24, 2.45) is 0 Å². The minimum absolute atomic E-state index is 0.209. The maximum atomic E-state index is 12.2. The SMILES string of the molecule is Cc1nc(-c2ccccc2)ccc1C(=O)NCCCNS(C)(=O)=O. The molecular weight excluding hydrogens is 326 g/mol. The first kappa shape index (κ1) is 18.1. The quantitative estimate of drug-likeness (QED) is 0.747. The summed E-state index contributed by atoms with van der Waals surface area (Å²) >= 11 is 0. The molecule has 1 amide bonds. The van der Waals surface area contributed by atoms with E-state index in [1.54, 1.807) is 13.0 Å². The number of rotatable bonds is 7. The number of hydrogen-bond acceptors (Lipinski definition) is 4. The van der Waals surface area contributed by atoms with Crippen LogP contribution in [0, 0.1) is 6.92 Å². The van der Waals surface area contributed by atoms with Crippen molar-refractivity contribution in [1.82, 2.24) is 15.0 Å². The Morgan fingerprint density at radius 3 is 2.42 bits per heavy atom. The van der Waals surface area contributed by atoms with Crippen molar-refractivity contribution in [2.45, 2.75) is 13.3 Å². The number of amides is 1. The van der Waals surface area contributed by atoms with E-state index >= 15 is 0 Å². The number of carbonyl (C=O) groups is 1. The van der Waals surface area contributed by atoms with E-state index < -0.39 is 10.0 Å². The largest absolute Gasteiger partial charge is 0.352 e. The number of pyridine rings is 1. The van der Waals surface area contributed by atoms with Crippen molar-refractivity contribution in [2.75, 3.05) is 19.3 Å². The number of aryl methyl sites for hydroxylation is 1. The average Bonchev–Trinajstić information content (AvgIpc) is 2.54. The van der Waals surface area contributed by atoms with Gasteiger partial charge in [-0.3, -0.25) is 9.78 Å². The van der Waals surface area contributed by atoms with Gasteiger partial charge in [0.05, 0.1) is 23.2 Å². The molecule has 0 aliphatic carbocycles. The first-order chi connectivity index (χ1) is 11.4. The van der Waals surface area contributed by atoms with Gasteiger partial charge in [0, 0.05) is 18.7 Å². The summed E-state index contributed by atoms with van der Waals surface area (Å²) in [5.74, 6) is -0.209. The van der Waals surface area contributed by atoms with Gasteiger partial charge in [-0.1, -0.05) is 30.3 Å². The van der Waals surface area contributed by atoms with Crippen molar-refractivity contribution in [3.8, 4) is 11.3 Å². The van der Waals surface area contributed by atoms with Crippen molar-refractivity contribution in [3.05, 3.63) is 53.7 Å². The molecule has 0 bridgehead atoms. The van der Waals surface area contributed by atoms with Crippen molar-refractivity contribution in [1.29, 1.82) is 0 Å². The lowest BCUT2D eigenvalue weighted by Gasteiger charge is -2.09. The highest BCUT2D eigenvalue weighted by molar-refractivity contribution is 7.88. The Hall–Kier alpha value is -2.25. The van der Waals surface area contributed by atoms with Crippen LogP contribution in [0.2, 0.25) is 0 Å². The fourth-order valence-electron chi connectivity index (χ4n) is 2.21. The molecule has 128 valence electrons. The van der Waals surface area contributed by atoms with Gasteiger partial charge in [0.1, 0.15) is 0 Å². The lowest BCUT2D eigenvalue weighted by atomic mass is 10.1. The van der Waals surface area contributed by atoms with Gasteiger partial charge in [-0.15, -0.1) is 0 Å². The molecule has 2 aromatic rings. The predicted octanol–water partition coefficient (Wildman–Crippen LogP) is 1.73. The van der Waals surface area contributed by atoms with E-state index in [0.29, 0.717) is 30.8 Å². The van der Waals surface area contributed by atoms with Crippen LogP contribution in [0.4, 0.5) is 0 Å². The Balaban J connectivity index is 1.93. The average molecular weight is 347 g/mol. The van der Waals surface area contributed by atoms with Crippen molar-refractivity contribution >= 4 is 15.9 Å². The van der Waals surface area contributed by atoms with Crippen LogP contribution in [0.25, 0.3) is 11.3 Å². The highest BCUT2D eigenvalue weighted by Gasteiger charge is 2.11. The van der Waals surface area contributed by atoms with Crippen LogP contribution < -0.4 is 10.0 Å². The summed E-state index contributed by atoms with van der Waals surface area (Å²) in [5, 5.41) is 2.77. The van der Waals surface area contributed by atoms with Crippen LogP contribution in [-0.4, -0.2) is 38.7 Å².